The van der Waals surface area contributed by atoms with Crippen molar-refractivity contribution in [3.63, 3.8) is 0 Å². The van der Waals surface area contributed by atoms with Crippen molar-refractivity contribution in [1.29, 1.82) is 0 Å². The minimum atomic E-state index is -0.523. The van der Waals surface area contributed by atoms with Crippen molar-refractivity contribution >= 4 is 41.4 Å². The minimum Gasteiger partial charge on any atom is -0.374 e. The number of nitrogens with one attached hydrogen (secondary N) is 2. The molecule has 0 saturated heterocycles. The normalized spacial score (nSPS) is 17.1. The molecule has 1 saturated carbocycles. The number of aromatic nitrogens is 1. The Kier molecular flexibility index (Phi) is 9.97. The van der Waals surface area contributed by atoms with Crippen LogP contribution in [-0.2, 0) is 6.42 Å². The van der Waals surface area contributed by atoms with Gasteiger partial charge in [0.15, 0.2) is 0 Å². The molecule has 0 unspecified atom stereocenters. The molecule has 2 aromatic carbocycles. The number of aryl methyl sites for hydroxylation is 1. The van der Waals surface area contributed by atoms with Crippen molar-refractivity contribution in [2.75, 3.05) is 23.8 Å². The van der Waals surface area contributed by atoms with Gasteiger partial charge in [-0.1, -0.05) is 41.9 Å². The van der Waals surface area contributed by atoms with E-state index in [1.165, 1.54) is 29.4 Å². The number of likely N-dealkylation sites (N-methyl/N-ethyl adjacent to an activating group) is 1. The molecule has 1 aliphatic rings. The first-order valence-corrected chi connectivity index (χ1v) is 12.5. The number of nitrogens with zero attached hydrogens (tertiary/aromatic N) is 2. The average Bonchev–Trinajstić information content (AvgIpc) is 2.87. The second-order valence-corrected chi connectivity index (χ2v) is 9.72. The standard InChI is InChI=1S/C28H32ClFN4O.ClH/c1-19-18-31-27(17-26(19)34(2)15-14-20-6-4-3-5-7-20)32-22-9-11-23(12-10-22)33-28(35)21-8-13-25(30)24(29)16-21;/h3-8,13,16-18,22-23H,9-12,14-15H2,1-2H3,(H,31,32)(H,33,35);1H. The van der Waals surface area contributed by atoms with Crippen molar-refractivity contribution in [3.8, 4) is 0 Å². The average molecular weight is 532 g/mol. The quantitative estimate of drug-likeness (QED) is 0.352. The molecule has 0 spiro atoms. The van der Waals surface area contributed by atoms with Crippen LogP contribution in [-0.4, -0.2) is 36.6 Å². The molecule has 5 nitrogen and oxygen atoms in total. The Balaban J connectivity index is 0.00000361. The highest BCUT2D eigenvalue weighted by Gasteiger charge is 2.23. The van der Waals surface area contributed by atoms with Crippen LogP contribution < -0.4 is 15.5 Å². The molecule has 1 fully saturated rings. The van der Waals surface area contributed by atoms with E-state index in [-0.39, 0.29) is 29.4 Å². The Bertz CT molecular complexity index is 1150. The number of benzene rings is 2. The van der Waals surface area contributed by atoms with Gasteiger partial charge in [-0.2, -0.15) is 0 Å². The molecule has 1 aliphatic carbocycles. The summed E-state index contributed by atoms with van der Waals surface area (Å²) < 4.78 is 13.4. The van der Waals surface area contributed by atoms with Crippen LogP contribution in [0, 0.1) is 12.7 Å². The Labute approximate surface area is 223 Å². The van der Waals surface area contributed by atoms with Gasteiger partial charge in [-0.3, -0.25) is 4.79 Å². The zero-order valence-corrected chi connectivity index (χ0v) is 22.2. The van der Waals surface area contributed by atoms with Crippen molar-refractivity contribution in [2.24, 2.45) is 0 Å². The molecule has 4 rings (SSSR count). The van der Waals surface area contributed by atoms with Crippen molar-refractivity contribution in [3.05, 3.63) is 88.3 Å². The van der Waals surface area contributed by atoms with Gasteiger partial charge in [-0.05, 0) is 68.4 Å². The van der Waals surface area contributed by atoms with E-state index in [4.69, 9.17) is 11.6 Å². The molecule has 0 bridgehead atoms. The number of carbonyl (C=O) groups is 1. The summed E-state index contributed by atoms with van der Waals surface area (Å²) in [5.74, 6) is 0.141. The highest BCUT2D eigenvalue weighted by atomic mass is 35.5. The number of anilines is 2. The molecule has 2 N–H and O–H groups in total. The van der Waals surface area contributed by atoms with E-state index in [2.05, 4.69) is 64.8 Å². The topological polar surface area (TPSA) is 57.3 Å². The van der Waals surface area contributed by atoms with Crippen LogP contribution in [0.5, 0.6) is 0 Å². The predicted octanol–water partition coefficient (Wildman–Crippen LogP) is 6.44. The van der Waals surface area contributed by atoms with Gasteiger partial charge in [0.2, 0.25) is 0 Å². The van der Waals surface area contributed by atoms with Crippen LogP contribution in [0.4, 0.5) is 15.9 Å². The van der Waals surface area contributed by atoms with Gasteiger partial charge >= 0.3 is 0 Å². The molecule has 3 aromatic rings. The molecule has 36 heavy (non-hydrogen) atoms. The maximum absolute atomic E-state index is 13.4. The molecule has 0 atom stereocenters. The minimum absolute atomic E-state index is 0. The van der Waals surface area contributed by atoms with E-state index < -0.39 is 5.82 Å². The highest BCUT2D eigenvalue weighted by Crippen LogP contribution is 2.26. The van der Waals surface area contributed by atoms with Crippen LogP contribution in [0.2, 0.25) is 5.02 Å². The maximum atomic E-state index is 13.4. The SMILES string of the molecule is Cc1cnc(NC2CCC(NC(=O)c3ccc(F)c(Cl)c3)CC2)cc1N(C)CCc1ccccc1.Cl. The number of amides is 1. The summed E-state index contributed by atoms with van der Waals surface area (Å²) in [6.07, 6.45) is 6.52. The third-order valence-corrected chi connectivity index (χ3v) is 6.95. The zero-order chi connectivity index (χ0) is 24.8. The van der Waals surface area contributed by atoms with Gasteiger partial charge in [0.25, 0.3) is 5.91 Å². The van der Waals surface area contributed by atoms with Gasteiger partial charge in [0.1, 0.15) is 11.6 Å². The molecule has 0 aliphatic heterocycles. The molecule has 1 aromatic heterocycles. The number of hydrogen-bond donors (Lipinski definition) is 2. The molecular weight excluding hydrogens is 498 g/mol. The fourth-order valence-electron chi connectivity index (χ4n) is 4.56. The van der Waals surface area contributed by atoms with Crippen LogP contribution >= 0.6 is 24.0 Å². The second-order valence-electron chi connectivity index (χ2n) is 9.31. The summed E-state index contributed by atoms with van der Waals surface area (Å²) in [4.78, 5) is 19.4. The van der Waals surface area contributed by atoms with Gasteiger partial charge in [-0.15, -0.1) is 12.4 Å². The van der Waals surface area contributed by atoms with Crippen LogP contribution in [0.25, 0.3) is 0 Å². The van der Waals surface area contributed by atoms with E-state index in [0.717, 1.165) is 50.0 Å². The summed E-state index contributed by atoms with van der Waals surface area (Å²) in [6, 6.07) is 17.1. The van der Waals surface area contributed by atoms with Crippen LogP contribution in [0.3, 0.4) is 0 Å². The van der Waals surface area contributed by atoms with Gasteiger partial charge in [0, 0.05) is 49.2 Å². The molecule has 192 valence electrons. The summed E-state index contributed by atoms with van der Waals surface area (Å²) in [5, 5.41) is 6.60. The van der Waals surface area contributed by atoms with E-state index in [1.54, 1.807) is 0 Å². The Morgan fingerprint density at radius 1 is 1.08 bits per heavy atom. The number of carbonyl (C=O) groups excluding carboxylic acids is 1. The van der Waals surface area contributed by atoms with E-state index in [1.807, 2.05) is 12.3 Å². The van der Waals surface area contributed by atoms with E-state index in [0.29, 0.717) is 11.6 Å². The number of rotatable bonds is 8. The third-order valence-electron chi connectivity index (χ3n) is 6.66. The Hall–Kier alpha value is -2.83. The monoisotopic (exact) mass is 530 g/mol. The smallest absolute Gasteiger partial charge is 0.251 e. The second kappa shape index (κ2) is 12.9. The first-order chi connectivity index (χ1) is 16.9. The van der Waals surface area contributed by atoms with Crippen molar-refractivity contribution in [2.45, 2.75) is 51.1 Å². The fourth-order valence-corrected chi connectivity index (χ4v) is 4.74. The maximum Gasteiger partial charge on any atom is 0.251 e. The third kappa shape index (κ3) is 7.34. The first-order valence-electron chi connectivity index (χ1n) is 12.1. The Morgan fingerprint density at radius 3 is 2.47 bits per heavy atom. The number of pyridine rings is 1. The van der Waals surface area contributed by atoms with Gasteiger partial charge in [0.05, 0.1) is 5.02 Å². The van der Waals surface area contributed by atoms with E-state index in [9.17, 15) is 9.18 Å². The zero-order valence-electron chi connectivity index (χ0n) is 20.6. The molecule has 8 heteroatoms. The molecule has 1 heterocycles. The lowest BCUT2D eigenvalue weighted by molar-refractivity contribution is 0.0926. The molecule has 1 amide bonds. The molecular formula is C28H33Cl2FN4O. The van der Waals surface area contributed by atoms with Crippen molar-refractivity contribution in [1.82, 2.24) is 10.3 Å². The number of halogens is 3. The largest absolute Gasteiger partial charge is 0.374 e. The Morgan fingerprint density at radius 2 is 1.78 bits per heavy atom. The molecule has 0 radical (unpaired) electrons. The van der Waals surface area contributed by atoms with Gasteiger partial charge < -0.3 is 15.5 Å². The number of hydrogen-bond acceptors (Lipinski definition) is 4. The summed E-state index contributed by atoms with van der Waals surface area (Å²) >= 11 is 5.81. The van der Waals surface area contributed by atoms with Crippen LogP contribution in [0.1, 0.15) is 47.2 Å². The predicted molar refractivity (Wildman–Crippen MR) is 148 cm³/mol. The summed E-state index contributed by atoms with van der Waals surface area (Å²) in [5.41, 5.74) is 4.04. The first kappa shape index (κ1) is 27.8. The van der Waals surface area contributed by atoms with Crippen LogP contribution in [0.15, 0.2) is 60.8 Å². The fraction of sp³-hybridized carbons (Fsp3) is 0.357. The highest BCUT2D eigenvalue weighted by molar-refractivity contribution is 6.31. The van der Waals surface area contributed by atoms with E-state index >= 15 is 0 Å². The summed E-state index contributed by atoms with van der Waals surface area (Å²) in [7, 11) is 2.12. The summed E-state index contributed by atoms with van der Waals surface area (Å²) in [6.45, 7) is 3.02. The van der Waals surface area contributed by atoms with Crippen molar-refractivity contribution < 1.29 is 9.18 Å². The van der Waals surface area contributed by atoms with Gasteiger partial charge in [-0.25, -0.2) is 9.37 Å². The lowest BCUT2D eigenvalue weighted by Gasteiger charge is -2.30. The lowest BCUT2D eigenvalue weighted by atomic mass is 9.91. The lowest BCUT2D eigenvalue weighted by Crippen LogP contribution is -2.40.